The maximum Gasteiger partial charge on any atom is 0.339 e. The van der Waals surface area contributed by atoms with Gasteiger partial charge in [0, 0.05) is 5.41 Å². The first-order valence-electron chi connectivity index (χ1n) is 7.99. The summed E-state index contributed by atoms with van der Waals surface area (Å²) in [5.74, 6) is -1.67. The summed E-state index contributed by atoms with van der Waals surface area (Å²) in [5.41, 5.74) is 0.0929. The van der Waals surface area contributed by atoms with Crippen LogP contribution in [0.5, 0.6) is 0 Å². The lowest BCUT2D eigenvalue weighted by Gasteiger charge is -2.31. The Hall–Kier alpha value is -1.84. The van der Waals surface area contributed by atoms with E-state index in [2.05, 4.69) is 20.8 Å². The number of hydrogen-bond acceptors (Lipinski definition) is 3. The van der Waals surface area contributed by atoms with Crippen LogP contribution in [0, 0.1) is 5.41 Å². The third-order valence-corrected chi connectivity index (χ3v) is 4.45. The second kappa shape index (κ2) is 8.57. The molecule has 1 rings (SSSR count). The molecule has 1 N–H and O–H groups in total. The third-order valence-electron chi connectivity index (χ3n) is 4.45. The predicted molar refractivity (Wildman–Crippen MR) is 86.2 cm³/mol. The van der Waals surface area contributed by atoms with E-state index in [1.165, 1.54) is 12.1 Å². The SMILES string of the molecule is CCCCC(CC)(CC)COC(=O)c1ccccc1C(=O)O. The summed E-state index contributed by atoms with van der Waals surface area (Å²) in [4.78, 5) is 23.4. The van der Waals surface area contributed by atoms with Crippen LogP contribution in [0.15, 0.2) is 24.3 Å². The van der Waals surface area contributed by atoms with Crippen molar-refractivity contribution in [2.45, 2.75) is 52.9 Å². The summed E-state index contributed by atoms with van der Waals surface area (Å²) < 4.78 is 5.46. The smallest absolute Gasteiger partial charge is 0.339 e. The van der Waals surface area contributed by atoms with Crippen LogP contribution in [0.4, 0.5) is 0 Å². The van der Waals surface area contributed by atoms with Crippen LogP contribution in [0.3, 0.4) is 0 Å². The average molecular weight is 306 g/mol. The van der Waals surface area contributed by atoms with Crippen molar-refractivity contribution in [3.8, 4) is 0 Å². The highest BCUT2D eigenvalue weighted by Crippen LogP contribution is 2.33. The summed E-state index contributed by atoms with van der Waals surface area (Å²) in [5, 5.41) is 9.14. The molecule has 0 aliphatic heterocycles. The van der Waals surface area contributed by atoms with Crippen molar-refractivity contribution in [3.05, 3.63) is 35.4 Å². The second-order valence-electron chi connectivity index (χ2n) is 5.74. The van der Waals surface area contributed by atoms with E-state index in [1.807, 2.05) is 0 Å². The Labute approximate surface area is 132 Å². The highest BCUT2D eigenvalue weighted by molar-refractivity contribution is 6.02. The Bertz CT molecular complexity index is 504. The van der Waals surface area contributed by atoms with E-state index >= 15 is 0 Å². The molecule has 0 heterocycles. The molecule has 122 valence electrons. The monoisotopic (exact) mass is 306 g/mol. The second-order valence-corrected chi connectivity index (χ2v) is 5.74. The van der Waals surface area contributed by atoms with E-state index in [0.29, 0.717) is 6.61 Å². The Morgan fingerprint density at radius 3 is 2.18 bits per heavy atom. The molecule has 4 heteroatoms. The molecule has 0 spiro atoms. The van der Waals surface area contributed by atoms with E-state index in [-0.39, 0.29) is 16.5 Å². The first-order valence-corrected chi connectivity index (χ1v) is 7.99. The molecule has 0 bridgehead atoms. The highest BCUT2D eigenvalue weighted by Gasteiger charge is 2.28. The predicted octanol–water partition coefficient (Wildman–Crippen LogP) is 4.54. The lowest BCUT2D eigenvalue weighted by molar-refractivity contribution is 0.0224. The number of hydrogen-bond donors (Lipinski definition) is 1. The number of carboxylic acid groups (broad SMARTS) is 1. The van der Waals surface area contributed by atoms with Crippen LogP contribution in [0.1, 0.15) is 73.6 Å². The molecule has 0 unspecified atom stereocenters. The van der Waals surface area contributed by atoms with Gasteiger partial charge < -0.3 is 9.84 Å². The molecule has 1 aromatic carbocycles. The summed E-state index contributed by atoms with van der Waals surface area (Å²) in [7, 11) is 0. The zero-order valence-electron chi connectivity index (χ0n) is 13.7. The highest BCUT2D eigenvalue weighted by atomic mass is 16.5. The Morgan fingerprint density at radius 2 is 1.68 bits per heavy atom. The Morgan fingerprint density at radius 1 is 1.09 bits per heavy atom. The van der Waals surface area contributed by atoms with Crippen molar-refractivity contribution in [1.29, 1.82) is 0 Å². The molecule has 0 radical (unpaired) electrons. The van der Waals surface area contributed by atoms with Crippen molar-refractivity contribution in [1.82, 2.24) is 0 Å². The lowest BCUT2D eigenvalue weighted by Crippen LogP contribution is -2.27. The van der Waals surface area contributed by atoms with Gasteiger partial charge in [-0.05, 0) is 31.4 Å². The molecule has 0 saturated heterocycles. The average Bonchev–Trinajstić information content (AvgIpc) is 2.55. The largest absolute Gasteiger partial charge is 0.478 e. The number of aromatic carboxylic acids is 1. The first-order chi connectivity index (χ1) is 10.5. The topological polar surface area (TPSA) is 63.6 Å². The van der Waals surface area contributed by atoms with Crippen LogP contribution in [0.25, 0.3) is 0 Å². The maximum atomic E-state index is 12.2. The fourth-order valence-electron chi connectivity index (χ4n) is 2.58. The van der Waals surface area contributed by atoms with Crippen LogP contribution in [-0.2, 0) is 4.74 Å². The van der Waals surface area contributed by atoms with Crippen LogP contribution < -0.4 is 0 Å². The van der Waals surface area contributed by atoms with Gasteiger partial charge in [0.2, 0.25) is 0 Å². The fourth-order valence-corrected chi connectivity index (χ4v) is 2.58. The van der Waals surface area contributed by atoms with Crippen molar-refractivity contribution in [2.75, 3.05) is 6.61 Å². The van der Waals surface area contributed by atoms with Gasteiger partial charge in [-0.25, -0.2) is 9.59 Å². The minimum Gasteiger partial charge on any atom is -0.478 e. The molecule has 0 amide bonds. The van der Waals surface area contributed by atoms with Gasteiger partial charge in [-0.2, -0.15) is 0 Å². The summed E-state index contributed by atoms with van der Waals surface area (Å²) >= 11 is 0. The zero-order valence-corrected chi connectivity index (χ0v) is 13.7. The van der Waals surface area contributed by atoms with Crippen molar-refractivity contribution < 1.29 is 19.4 Å². The van der Waals surface area contributed by atoms with Gasteiger partial charge in [0.25, 0.3) is 0 Å². The van der Waals surface area contributed by atoms with Gasteiger partial charge in [-0.1, -0.05) is 45.7 Å². The van der Waals surface area contributed by atoms with Gasteiger partial charge in [0.1, 0.15) is 0 Å². The van der Waals surface area contributed by atoms with Crippen LogP contribution >= 0.6 is 0 Å². The number of esters is 1. The number of rotatable bonds is 9. The number of carboxylic acids is 1. The lowest BCUT2D eigenvalue weighted by atomic mass is 9.78. The molecular weight excluding hydrogens is 280 g/mol. The summed E-state index contributed by atoms with van der Waals surface area (Å²) in [6.45, 7) is 6.70. The van der Waals surface area contributed by atoms with Gasteiger partial charge in [0.15, 0.2) is 0 Å². The van der Waals surface area contributed by atoms with Gasteiger partial charge in [0.05, 0.1) is 17.7 Å². The number of carbonyl (C=O) groups excluding carboxylic acids is 1. The van der Waals surface area contributed by atoms with E-state index in [4.69, 9.17) is 9.84 Å². The molecule has 1 aromatic rings. The van der Waals surface area contributed by atoms with Gasteiger partial charge in [-0.3, -0.25) is 0 Å². The van der Waals surface area contributed by atoms with E-state index in [0.717, 1.165) is 32.1 Å². The van der Waals surface area contributed by atoms with Crippen molar-refractivity contribution in [3.63, 3.8) is 0 Å². The fraction of sp³-hybridized carbons (Fsp3) is 0.556. The molecule has 22 heavy (non-hydrogen) atoms. The number of benzene rings is 1. The molecule has 0 aliphatic carbocycles. The standard InChI is InChI=1S/C18H26O4/c1-4-7-12-18(5-2,6-3)13-22-17(21)15-11-9-8-10-14(15)16(19)20/h8-11H,4-7,12-13H2,1-3H3,(H,19,20). The summed E-state index contributed by atoms with van der Waals surface area (Å²) in [6.07, 6.45) is 5.11. The molecule has 0 fully saturated rings. The minimum atomic E-state index is -1.12. The van der Waals surface area contributed by atoms with Gasteiger partial charge >= 0.3 is 11.9 Å². The van der Waals surface area contributed by atoms with Crippen LogP contribution in [0.2, 0.25) is 0 Å². The molecule has 0 saturated carbocycles. The quantitative estimate of drug-likeness (QED) is 0.680. The molecule has 4 nitrogen and oxygen atoms in total. The van der Waals surface area contributed by atoms with E-state index in [1.54, 1.807) is 12.1 Å². The Balaban J connectivity index is 2.82. The molecule has 0 atom stereocenters. The summed E-state index contributed by atoms with van der Waals surface area (Å²) in [6, 6.07) is 6.16. The molecule has 0 aliphatic rings. The number of carbonyl (C=O) groups is 2. The zero-order chi connectivity index (χ0) is 16.6. The Kier molecular flexibility index (Phi) is 7.09. The van der Waals surface area contributed by atoms with E-state index in [9.17, 15) is 9.59 Å². The van der Waals surface area contributed by atoms with Gasteiger partial charge in [-0.15, -0.1) is 0 Å². The maximum absolute atomic E-state index is 12.2. The van der Waals surface area contributed by atoms with E-state index < -0.39 is 11.9 Å². The normalized spacial score (nSPS) is 11.2. The van der Waals surface area contributed by atoms with Crippen molar-refractivity contribution in [2.24, 2.45) is 5.41 Å². The third kappa shape index (κ3) is 4.58. The first kappa shape index (κ1) is 18.2. The number of unbranched alkanes of at least 4 members (excludes halogenated alkanes) is 1. The molecular formula is C18H26O4. The number of ether oxygens (including phenoxy) is 1. The van der Waals surface area contributed by atoms with Crippen molar-refractivity contribution >= 4 is 11.9 Å². The van der Waals surface area contributed by atoms with Crippen LogP contribution in [-0.4, -0.2) is 23.7 Å². The minimum absolute atomic E-state index is 0.0101. The molecule has 0 aromatic heterocycles.